The molecule has 3 N–H and O–H groups in total. The van der Waals surface area contributed by atoms with E-state index < -0.39 is 5.60 Å². The van der Waals surface area contributed by atoms with Crippen LogP contribution in [0.2, 0.25) is 0 Å². The molecule has 2 saturated carbocycles. The van der Waals surface area contributed by atoms with E-state index in [1.54, 1.807) is 0 Å². The normalized spacial score (nSPS) is 49.9. The van der Waals surface area contributed by atoms with E-state index in [-0.39, 0.29) is 10.8 Å². The van der Waals surface area contributed by atoms with E-state index >= 15 is 0 Å². The summed E-state index contributed by atoms with van der Waals surface area (Å²) in [7, 11) is 0. The second-order valence-corrected chi connectivity index (χ2v) is 6.06. The molecule has 2 rings (SSSR count). The summed E-state index contributed by atoms with van der Waals surface area (Å²) in [5.41, 5.74) is 5.50. The molecule has 1 unspecified atom stereocenters. The molecular weight excluding hydrogens is 174 g/mol. The molecule has 2 fully saturated rings. The first-order valence-electron chi connectivity index (χ1n) is 5.80. The number of fused-ring (bicyclic) bond motifs is 2. The van der Waals surface area contributed by atoms with Crippen molar-refractivity contribution >= 4 is 0 Å². The van der Waals surface area contributed by atoms with Crippen molar-refractivity contribution in [1.82, 2.24) is 0 Å². The van der Waals surface area contributed by atoms with Crippen molar-refractivity contribution in [3.8, 4) is 0 Å². The first kappa shape index (κ1) is 10.4. The fourth-order valence-corrected chi connectivity index (χ4v) is 4.04. The monoisotopic (exact) mass is 197 g/mol. The van der Waals surface area contributed by atoms with Crippen LogP contribution in [-0.4, -0.2) is 17.3 Å². The highest BCUT2D eigenvalue weighted by molar-refractivity contribution is 5.17. The lowest BCUT2D eigenvalue weighted by atomic mass is 9.63. The van der Waals surface area contributed by atoms with Gasteiger partial charge in [0.2, 0.25) is 0 Å². The molecular formula is C12H23NO. The van der Waals surface area contributed by atoms with Crippen molar-refractivity contribution in [2.45, 2.75) is 52.1 Å². The van der Waals surface area contributed by atoms with Crippen molar-refractivity contribution < 1.29 is 5.11 Å². The first-order chi connectivity index (χ1) is 6.37. The summed E-state index contributed by atoms with van der Waals surface area (Å²) in [6, 6.07) is 0. The van der Waals surface area contributed by atoms with Crippen LogP contribution in [0.15, 0.2) is 0 Å². The molecule has 14 heavy (non-hydrogen) atoms. The van der Waals surface area contributed by atoms with E-state index in [9.17, 15) is 5.11 Å². The molecule has 0 aromatic heterocycles. The predicted molar refractivity (Wildman–Crippen MR) is 57.9 cm³/mol. The van der Waals surface area contributed by atoms with Crippen LogP contribution in [0.1, 0.15) is 46.5 Å². The van der Waals surface area contributed by atoms with Gasteiger partial charge in [0.15, 0.2) is 0 Å². The molecule has 0 radical (unpaired) electrons. The second-order valence-electron chi connectivity index (χ2n) is 6.06. The zero-order chi connectivity index (χ0) is 10.6. The maximum atomic E-state index is 10.7. The SMILES string of the molecule is CC1(C)C2CC[C@@]1(C)[C@@](O)(CCN)C2. The lowest BCUT2D eigenvalue weighted by Gasteiger charge is -2.45. The smallest absolute Gasteiger partial charge is 0.0721 e. The Morgan fingerprint density at radius 3 is 2.36 bits per heavy atom. The minimum Gasteiger partial charge on any atom is -0.389 e. The van der Waals surface area contributed by atoms with Crippen LogP contribution < -0.4 is 5.73 Å². The Balaban J connectivity index is 2.35. The van der Waals surface area contributed by atoms with Crippen molar-refractivity contribution in [3.63, 3.8) is 0 Å². The maximum absolute atomic E-state index is 10.7. The third kappa shape index (κ3) is 0.938. The summed E-state index contributed by atoms with van der Waals surface area (Å²) in [5, 5.41) is 10.7. The van der Waals surface area contributed by atoms with E-state index in [0.29, 0.717) is 12.5 Å². The van der Waals surface area contributed by atoms with E-state index in [4.69, 9.17) is 5.73 Å². The van der Waals surface area contributed by atoms with E-state index in [1.165, 1.54) is 12.8 Å². The Bertz CT molecular complexity index is 251. The number of nitrogens with two attached hydrogens (primary N) is 1. The molecule has 2 bridgehead atoms. The molecule has 0 saturated heterocycles. The largest absolute Gasteiger partial charge is 0.389 e. The molecule has 0 spiro atoms. The van der Waals surface area contributed by atoms with Gasteiger partial charge < -0.3 is 10.8 Å². The highest BCUT2D eigenvalue weighted by atomic mass is 16.3. The lowest BCUT2D eigenvalue weighted by Crippen LogP contribution is -2.48. The third-order valence-electron chi connectivity index (χ3n) is 5.60. The summed E-state index contributed by atoms with van der Waals surface area (Å²) in [4.78, 5) is 0. The quantitative estimate of drug-likeness (QED) is 0.710. The van der Waals surface area contributed by atoms with Gasteiger partial charge >= 0.3 is 0 Å². The molecule has 2 heteroatoms. The average molecular weight is 197 g/mol. The Kier molecular flexibility index (Phi) is 2.04. The Hall–Kier alpha value is -0.0800. The summed E-state index contributed by atoms with van der Waals surface area (Å²) < 4.78 is 0. The molecule has 2 nitrogen and oxygen atoms in total. The Labute approximate surface area is 86.9 Å². The van der Waals surface area contributed by atoms with Gasteiger partial charge in [-0.05, 0) is 43.6 Å². The molecule has 0 aromatic rings. The van der Waals surface area contributed by atoms with Crippen molar-refractivity contribution in [1.29, 1.82) is 0 Å². The number of hydrogen-bond acceptors (Lipinski definition) is 2. The summed E-state index contributed by atoms with van der Waals surface area (Å²) in [6.45, 7) is 7.50. The van der Waals surface area contributed by atoms with Gasteiger partial charge in [-0.25, -0.2) is 0 Å². The van der Waals surface area contributed by atoms with Gasteiger partial charge in [-0.15, -0.1) is 0 Å². The summed E-state index contributed by atoms with van der Waals surface area (Å²) in [6.07, 6.45) is 4.19. The van der Waals surface area contributed by atoms with E-state index in [1.807, 2.05) is 0 Å². The molecule has 2 aliphatic carbocycles. The van der Waals surface area contributed by atoms with Gasteiger partial charge in [0, 0.05) is 5.41 Å². The van der Waals surface area contributed by atoms with Crippen molar-refractivity contribution in [2.75, 3.05) is 6.54 Å². The summed E-state index contributed by atoms with van der Waals surface area (Å²) >= 11 is 0. The average Bonchev–Trinajstić information content (AvgIpc) is 2.36. The van der Waals surface area contributed by atoms with Crippen LogP contribution >= 0.6 is 0 Å². The van der Waals surface area contributed by atoms with Gasteiger partial charge in [-0.2, -0.15) is 0 Å². The van der Waals surface area contributed by atoms with Gasteiger partial charge in [-0.3, -0.25) is 0 Å². The van der Waals surface area contributed by atoms with Gasteiger partial charge in [0.25, 0.3) is 0 Å². The van der Waals surface area contributed by atoms with Crippen LogP contribution in [-0.2, 0) is 0 Å². The van der Waals surface area contributed by atoms with Crippen LogP contribution in [0.4, 0.5) is 0 Å². The Morgan fingerprint density at radius 2 is 2.00 bits per heavy atom. The van der Waals surface area contributed by atoms with Crippen LogP contribution in [0, 0.1) is 16.7 Å². The predicted octanol–water partition coefficient (Wildman–Crippen LogP) is 1.91. The number of hydrogen-bond donors (Lipinski definition) is 2. The second kappa shape index (κ2) is 2.73. The topological polar surface area (TPSA) is 46.2 Å². The molecule has 3 atom stereocenters. The maximum Gasteiger partial charge on any atom is 0.0721 e. The zero-order valence-electron chi connectivity index (χ0n) is 9.64. The fourth-order valence-electron chi connectivity index (χ4n) is 4.04. The first-order valence-corrected chi connectivity index (χ1v) is 5.80. The van der Waals surface area contributed by atoms with Gasteiger partial charge in [0.05, 0.1) is 5.60 Å². The van der Waals surface area contributed by atoms with Crippen LogP contribution in [0.5, 0.6) is 0 Å². The Morgan fingerprint density at radius 1 is 1.36 bits per heavy atom. The molecule has 0 aliphatic heterocycles. The molecule has 2 aliphatic rings. The highest BCUT2D eigenvalue weighted by Gasteiger charge is 2.67. The molecule has 82 valence electrons. The van der Waals surface area contributed by atoms with Crippen molar-refractivity contribution in [3.05, 3.63) is 0 Å². The third-order valence-corrected chi connectivity index (χ3v) is 5.60. The van der Waals surface area contributed by atoms with Crippen LogP contribution in [0.25, 0.3) is 0 Å². The fraction of sp³-hybridized carbons (Fsp3) is 1.00. The minimum absolute atomic E-state index is 0.0873. The molecule has 0 heterocycles. The number of aliphatic hydroxyl groups is 1. The van der Waals surface area contributed by atoms with E-state index in [2.05, 4.69) is 20.8 Å². The highest BCUT2D eigenvalue weighted by Crippen LogP contribution is 2.70. The lowest BCUT2D eigenvalue weighted by molar-refractivity contribution is -0.0928. The van der Waals surface area contributed by atoms with E-state index in [0.717, 1.165) is 12.8 Å². The minimum atomic E-state index is -0.492. The van der Waals surface area contributed by atoms with Crippen molar-refractivity contribution in [2.24, 2.45) is 22.5 Å². The van der Waals surface area contributed by atoms with Gasteiger partial charge in [0.1, 0.15) is 0 Å². The summed E-state index contributed by atoms with van der Waals surface area (Å²) in [5.74, 6) is 0.698. The van der Waals surface area contributed by atoms with Gasteiger partial charge in [-0.1, -0.05) is 20.8 Å². The zero-order valence-corrected chi connectivity index (χ0v) is 9.64. The van der Waals surface area contributed by atoms with Crippen LogP contribution in [0.3, 0.4) is 0 Å². The number of rotatable bonds is 2. The molecule has 0 aromatic carbocycles. The molecule has 0 amide bonds. The standard InChI is InChI=1S/C12H23NO/c1-10(2)9-4-5-11(10,3)12(14,8-9)6-7-13/h9,14H,4-8,13H2,1-3H3/t9?,11-,12-/m1/s1.